The molecule has 0 saturated carbocycles. The molecule has 0 aliphatic carbocycles. The van der Waals surface area contributed by atoms with Gasteiger partial charge in [-0.3, -0.25) is 0 Å². The zero-order valence-electron chi connectivity index (χ0n) is 7.72. The van der Waals surface area contributed by atoms with Crippen molar-refractivity contribution < 1.29 is 4.74 Å². The van der Waals surface area contributed by atoms with Crippen LogP contribution in [0, 0.1) is 0 Å². The fraction of sp³-hybridized carbons (Fsp3) is 0.400. The molecule has 0 aromatic heterocycles. The van der Waals surface area contributed by atoms with E-state index in [1.54, 1.807) is 7.11 Å². The molecule has 0 fully saturated rings. The highest BCUT2D eigenvalue weighted by Crippen LogP contribution is 2.28. The average Bonchev–Trinajstić information content (AvgIpc) is 2.16. The lowest BCUT2D eigenvalue weighted by Gasteiger charge is -2.07. The van der Waals surface area contributed by atoms with Gasteiger partial charge in [-0.15, -0.1) is 0 Å². The maximum absolute atomic E-state index is 6.08. The van der Waals surface area contributed by atoms with Crippen LogP contribution in [0.5, 0.6) is 5.75 Å². The second-order valence-corrected chi connectivity index (χ2v) is 3.20. The van der Waals surface area contributed by atoms with Crippen molar-refractivity contribution in [3.05, 3.63) is 28.8 Å². The van der Waals surface area contributed by atoms with E-state index in [9.17, 15) is 0 Å². The summed E-state index contributed by atoms with van der Waals surface area (Å²) in [7, 11) is 1.62. The van der Waals surface area contributed by atoms with Gasteiger partial charge in [0.05, 0.1) is 12.1 Å². The minimum atomic E-state index is 0.688. The van der Waals surface area contributed by atoms with Gasteiger partial charge in [0.1, 0.15) is 5.75 Å². The van der Waals surface area contributed by atoms with Crippen molar-refractivity contribution >= 4 is 11.6 Å². The number of methoxy groups -OCH3 is 1. The quantitative estimate of drug-likeness (QED) is 0.808. The van der Waals surface area contributed by atoms with E-state index in [4.69, 9.17) is 22.1 Å². The fourth-order valence-corrected chi connectivity index (χ4v) is 1.50. The van der Waals surface area contributed by atoms with Crippen LogP contribution in [0.1, 0.15) is 12.0 Å². The van der Waals surface area contributed by atoms with E-state index in [0.29, 0.717) is 11.6 Å². The first kappa shape index (κ1) is 10.4. The van der Waals surface area contributed by atoms with Gasteiger partial charge in [0.25, 0.3) is 0 Å². The molecule has 1 aromatic rings. The lowest BCUT2D eigenvalue weighted by molar-refractivity contribution is 0.414. The number of nitrogens with two attached hydrogens (primary N) is 1. The van der Waals surface area contributed by atoms with Crippen LogP contribution in [0.4, 0.5) is 0 Å². The summed E-state index contributed by atoms with van der Waals surface area (Å²) in [5.74, 6) is 0.733. The van der Waals surface area contributed by atoms with E-state index < -0.39 is 0 Å². The third-order valence-corrected chi connectivity index (χ3v) is 2.34. The van der Waals surface area contributed by atoms with Crippen LogP contribution in [0.25, 0.3) is 0 Å². The molecule has 72 valence electrons. The molecule has 0 amide bonds. The smallest absolute Gasteiger partial charge is 0.137 e. The predicted octanol–water partition coefficient (Wildman–Crippen LogP) is 2.24. The van der Waals surface area contributed by atoms with Crippen LogP contribution < -0.4 is 10.5 Å². The van der Waals surface area contributed by atoms with Gasteiger partial charge in [-0.05, 0) is 31.0 Å². The van der Waals surface area contributed by atoms with E-state index in [-0.39, 0.29) is 0 Å². The second kappa shape index (κ2) is 5.10. The normalized spacial score (nSPS) is 10.1. The number of halogens is 1. The first-order valence-electron chi connectivity index (χ1n) is 4.31. The average molecular weight is 200 g/mol. The summed E-state index contributed by atoms with van der Waals surface area (Å²) in [5.41, 5.74) is 6.53. The number of hydrogen-bond donors (Lipinski definition) is 1. The number of ether oxygens (including phenoxy) is 1. The Morgan fingerprint density at radius 3 is 2.85 bits per heavy atom. The van der Waals surface area contributed by atoms with E-state index in [2.05, 4.69) is 0 Å². The van der Waals surface area contributed by atoms with Gasteiger partial charge in [-0.2, -0.15) is 0 Å². The molecule has 13 heavy (non-hydrogen) atoms. The minimum Gasteiger partial charge on any atom is -0.495 e. The maximum Gasteiger partial charge on any atom is 0.137 e. The molecule has 0 bridgehead atoms. The predicted molar refractivity (Wildman–Crippen MR) is 55.4 cm³/mol. The van der Waals surface area contributed by atoms with Crippen LogP contribution in [0.3, 0.4) is 0 Å². The first-order valence-corrected chi connectivity index (χ1v) is 4.69. The molecule has 2 nitrogen and oxygen atoms in total. The summed E-state index contributed by atoms with van der Waals surface area (Å²) in [5, 5.41) is 0.707. The zero-order valence-corrected chi connectivity index (χ0v) is 8.47. The lowest BCUT2D eigenvalue weighted by Crippen LogP contribution is -2.01. The highest BCUT2D eigenvalue weighted by Gasteiger charge is 2.04. The molecule has 0 atom stereocenters. The van der Waals surface area contributed by atoms with Gasteiger partial charge in [0.2, 0.25) is 0 Å². The molecule has 0 aliphatic heterocycles. The van der Waals surface area contributed by atoms with Crippen LogP contribution in [0.15, 0.2) is 18.2 Å². The van der Waals surface area contributed by atoms with Gasteiger partial charge in [0.15, 0.2) is 0 Å². The van der Waals surface area contributed by atoms with Gasteiger partial charge < -0.3 is 10.5 Å². The van der Waals surface area contributed by atoms with Crippen molar-refractivity contribution in [2.24, 2.45) is 5.73 Å². The van der Waals surface area contributed by atoms with Gasteiger partial charge in [-0.1, -0.05) is 23.7 Å². The topological polar surface area (TPSA) is 35.2 Å². The third kappa shape index (κ3) is 2.61. The molecule has 0 saturated heterocycles. The summed E-state index contributed by atoms with van der Waals surface area (Å²) >= 11 is 6.08. The molecule has 3 heteroatoms. The Balaban J connectivity index is 2.81. The first-order chi connectivity index (χ1) is 6.29. The molecule has 0 radical (unpaired) electrons. The third-order valence-electron chi connectivity index (χ3n) is 1.91. The highest BCUT2D eigenvalue weighted by molar-refractivity contribution is 6.32. The van der Waals surface area contributed by atoms with Crippen molar-refractivity contribution in [3.8, 4) is 5.75 Å². The van der Waals surface area contributed by atoms with E-state index in [1.807, 2.05) is 18.2 Å². The summed E-state index contributed by atoms with van der Waals surface area (Å²) in [6.07, 6.45) is 1.86. The van der Waals surface area contributed by atoms with E-state index in [1.165, 1.54) is 0 Å². The summed E-state index contributed by atoms with van der Waals surface area (Å²) < 4.78 is 5.10. The second-order valence-electron chi connectivity index (χ2n) is 2.83. The number of rotatable bonds is 4. The summed E-state index contributed by atoms with van der Waals surface area (Å²) in [6, 6.07) is 5.80. The number of aryl methyl sites for hydroxylation is 1. The van der Waals surface area contributed by atoms with Crippen LogP contribution >= 0.6 is 11.6 Å². The van der Waals surface area contributed by atoms with Crippen molar-refractivity contribution in [2.45, 2.75) is 12.8 Å². The van der Waals surface area contributed by atoms with Crippen molar-refractivity contribution in [1.29, 1.82) is 0 Å². The molecule has 0 spiro atoms. The molecule has 1 aromatic carbocycles. The Morgan fingerprint density at radius 1 is 1.46 bits per heavy atom. The van der Waals surface area contributed by atoms with Crippen molar-refractivity contribution in [2.75, 3.05) is 13.7 Å². The van der Waals surface area contributed by atoms with Crippen molar-refractivity contribution in [3.63, 3.8) is 0 Å². The Bertz CT molecular complexity index is 276. The summed E-state index contributed by atoms with van der Waals surface area (Å²) in [6.45, 7) is 0.688. The monoisotopic (exact) mass is 199 g/mol. The largest absolute Gasteiger partial charge is 0.495 e. The number of hydrogen-bond acceptors (Lipinski definition) is 2. The Kier molecular flexibility index (Phi) is 4.06. The SMILES string of the molecule is COc1cccc(CCCN)c1Cl. The Morgan fingerprint density at radius 2 is 2.23 bits per heavy atom. The molecular weight excluding hydrogens is 186 g/mol. The molecule has 0 unspecified atom stereocenters. The Labute approximate surface area is 83.6 Å². The molecule has 0 aliphatic rings. The molecule has 1 rings (SSSR count). The minimum absolute atomic E-state index is 0.688. The molecule has 2 N–H and O–H groups in total. The van der Waals surface area contributed by atoms with Crippen LogP contribution in [-0.2, 0) is 6.42 Å². The molecule has 0 heterocycles. The summed E-state index contributed by atoms with van der Waals surface area (Å²) in [4.78, 5) is 0. The number of benzene rings is 1. The Hall–Kier alpha value is -0.730. The fourth-order valence-electron chi connectivity index (χ4n) is 1.20. The van der Waals surface area contributed by atoms with Crippen LogP contribution in [0.2, 0.25) is 5.02 Å². The van der Waals surface area contributed by atoms with Crippen molar-refractivity contribution in [1.82, 2.24) is 0 Å². The van der Waals surface area contributed by atoms with Crippen LogP contribution in [-0.4, -0.2) is 13.7 Å². The maximum atomic E-state index is 6.08. The van der Waals surface area contributed by atoms with Gasteiger partial charge in [0, 0.05) is 0 Å². The highest BCUT2D eigenvalue weighted by atomic mass is 35.5. The van der Waals surface area contributed by atoms with E-state index in [0.717, 1.165) is 24.2 Å². The van der Waals surface area contributed by atoms with Gasteiger partial charge >= 0.3 is 0 Å². The van der Waals surface area contributed by atoms with Gasteiger partial charge in [-0.25, -0.2) is 0 Å². The van der Waals surface area contributed by atoms with E-state index >= 15 is 0 Å². The molecular formula is C10H14ClNO. The lowest BCUT2D eigenvalue weighted by atomic mass is 10.1. The zero-order chi connectivity index (χ0) is 9.68. The standard InChI is InChI=1S/C10H14ClNO/c1-13-9-6-2-4-8(10(9)11)5-3-7-12/h2,4,6H,3,5,7,12H2,1H3.